The van der Waals surface area contributed by atoms with E-state index >= 15 is 0 Å². The Morgan fingerprint density at radius 2 is 1.90 bits per heavy atom. The summed E-state index contributed by atoms with van der Waals surface area (Å²) in [6.07, 6.45) is 4.40. The molecule has 6 nitrogen and oxygen atoms in total. The number of amides is 1. The van der Waals surface area contributed by atoms with Crippen molar-refractivity contribution in [3.63, 3.8) is 0 Å². The van der Waals surface area contributed by atoms with Crippen LogP contribution >= 0.6 is 11.6 Å². The maximum Gasteiger partial charge on any atom is 0.421 e. The summed E-state index contributed by atoms with van der Waals surface area (Å²) in [5, 5.41) is 3.55. The summed E-state index contributed by atoms with van der Waals surface area (Å²) in [6, 6.07) is 13.8. The highest BCUT2D eigenvalue weighted by atomic mass is 35.5. The Morgan fingerprint density at radius 1 is 1.14 bits per heavy atom. The number of carbonyl (C=O) groups excluding carboxylic acids is 1. The molecule has 0 unspecified atom stereocenters. The van der Waals surface area contributed by atoms with Gasteiger partial charge >= 0.3 is 5.76 Å². The van der Waals surface area contributed by atoms with Crippen molar-refractivity contribution >= 4 is 28.6 Å². The van der Waals surface area contributed by atoms with Crippen molar-refractivity contribution in [3.8, 4) is 0 Å². The molecule has 0 aliphatic heterocycles. The minimum Gasteiger partial charge on any atom is -0.408 e. The lowest BCUT2D eigenvalue weighted by Crippen LogP contribution is -2.32. The number of nitrogens with one attached hydrogen (secondary N) is 1. The van der Waals surface area contributed by atoms with Crippen LogP contribution in [0.2, 0.25) is 5.02 Å². The van der Waals surface area contributed by atoms with Gasteiger partial charge in [-0.15, -0.1) is 0 Å². The molecule has 1 heterocycles. The van der Waals surface area contributed by atoms with E-state index < -0.39 is 0 Å². The molecule has 2 aliphatic rings. The van der Waals surface area contributed by atoms with Crippen LogP contribution in [-0.4, -0.2) is 27.5 Å². The maximum atomic E-state index is 12.4. The average molecular weight is 412 g/mol. The van der Waals surface area contributed by atoms with Crippen molar-refractivity contribution in [2.75, 3.05) is 0 Å². The Labute approximate surface area is 173 Å². The zero-order valence-electron chi connectivity index (χ0n) is 15.9. The predicted octanol–water partition coefficient (Wildman–Crippen LogP) is 3.76. The Bertz CT molecular complexity index is 1110. The van der Waals surface area contributed by atoms with Crippen molar-refractivity contribution < 1.29 is 9.21 Å². The molecule has 1 N–H and O–H groups in total. The van der Waals surface area contributed by atoms with E-state index in [1.807, 2.05) is 30.3 Å². The van der Waals surface area contributed by atoms with Crippen LogP contribution < -0.4 is 11.1 Å². The summed E-state index contributed by atoms with van der Waals surface area (Å²) in [7, 11) is 0. The molecule has 2 aromatic carbocycles. The first-order valence-electron chi connectivity index (χ1n) is 9.99. The zero-order chi connectivity index (χ0) is 20.0. The number of oxazole rings is 1. The Hall–Kier alpha value is -2.57. The smallest absolute Gasteiger partial charge is 0.408 e. The van der Waals surface area contributed by atoms with Gasteiger partial charge in [-0.05, 0) is 55.5 Å². The van der Waals surface area contributed by atoms with Crippen LogP contribution in [0.1, 0.15) is 41.6 Å². The number of aromatic nitrogens is 1. The molecule has 7 heteroatoms. The number of benzene rings is 2. The summed E-state index contributed by atoms with van der Waals surface area (Å²) in [5.41, 5.74) is 3.05. The van der Waals surface area contributed by atoms with Crippen LogP contribution in [0.4, 0.5) is 0 Å². The van der Waals surface area contributed by atoms with Gasteiger partial charge in [0.15, 0.2) is 5.58 Å². The molecule has 150 valence electrons. The normalized spacial score (nSPS) is 16.5. The van der Waals surface area contributed by atoms with E-state index in [1.165, 1.54) is 0 Å². The minimum absolute atomic E-state index is 0.00632. The van der Waals surface area contributed by atoms with E-state index in [0.29, 0.717) is 41.5 Å². The van der Waals surface area contributed by atoms with Crippen molar-refractivity contribution in [3.05, 3.63) is 69.2 Å². The van der Waals surface area contributed by atoms with Crippen LogP contribution in [-0.2, 0) is 13.2 Å². The fraction of sp³-hybridized carbons (Fsp3) is 0.364. The maximum absolute atomic E-state index is 12.4. The minimum atomic E-state index is -0.375. The molecule has 29 heavy (non-hydrogen) atoms. The van der Waals surface area contributed by atoms with Crippen LogP contribution in [0, 0.1) is 0 Å². The number of hydrogen-bond acceptors (Lipinski definition) is 4. The third-order valence-electron chi connectivity index (χ3n) is 5.53. The number of nitrogens with zero attached hydrogens (tertiary/aromatic N) is 2. The second-order valence-corrected chi connectivity index (χ2v) is 8.41. The first-order valence-corrected chi connectivity index (χ1v) is 10.4. The predicted molar refractivity (Wildman–Crippen MR) is 111 cm³/mol. The zero-order valence-corrected chi connectivity index (χ0v) is 16.7. The molecule has 0 radical (unpaired) electrons. The standard InChI is InChI=1S/C22H22ClN3O3/c23-16-5-10-19-20(11-16)29-22(28)26(19)13-25(18-8-9-18)12-14-1-3-15(4-2-14)21(27)24-17-6-7-17/h1-5,10-11,17-18H,6-9,12-13H2,(H,24,27). The van der Waals surface area contributed by atoms with Crippen molar-refractivity contribution in [2.45, 2.75) is 51.0 Å². The van der Waals surface area contributed by atoms with Gasteiger partial charge in [-0.25, -0.2) is 4.79 Å². The molecular formula is C22H22ClN3O3. The molecule has 5 rings (SSSR count). The lowest BCUT2D eigenvalue weighted by atomic mass is 10.1. The molecule has 1 aromatic heterocycles. The van der Waals surface area contributed by atoms with Crippen molar-refractivity contribution in [1.29, 1.82) is 0 Å². The summed E-state index contributed by atoms with van der Waals surface area (Å²) in [4.78, 5) is 26.8. The highest BCUT2D eigenvalue weighted by Crippen LogP contribution is 2.29. The van der Waals surface area contributed by atoms with Gasteiger partial charge in [0.05, 0.1) is 12.2 Å². The van der Waals surface area contributed by atoms with Crippen LogP contribution in [0.5, 0.6) is 0 Å². The van der Waals surface area contributed by atoms with Crippen LogP contribution in [0.25, 0.3) is 11.1 Å². The quantitative estimate of drug-likeness (QED) is 0.642. The topological polar surface area (TPSA) is 67.5 Å². The first kappa shape index (κ1) is 18.5. The summed E-state index contributed by atoms with van der Waals surface area (Å²) in [5.74, 6) is -0.381. The number of hydrogen-bond donors (Lipinski definition) is 1. The Balaban J connectivity index is 1.33. The molecule has 0 spiro atoms. The summed E-state index contributed by atoms with van der Waals surface area (Å²) in [6.45, 7) is 1.17. The molecular weight excluding hydrogens is 390 g/mol. The Morgan fingerprint density at radius 3 is 2.59 bits per heavy atom. The summed E-state index contributed by atoms with van der Waals surface area (Å²) >= 11 is 6.01. The van der Waals surface area contributed by atoms with Crippen LogP contribution in [0.3, 0.4) is 0 Å². The number of carbonyl (C=O) groups is 1. The molecule has 2 aliphatic carbocycles. The molecule has 0 atom stereocenters. The van der Waals surface area contributed by atoms with Gasteiger partial charge in [0.25, 0.3) is 5.91 Å². The van der Waals surface area contributed by atoms with E-state index in [-0.39, 0.29) is 11.7 Å². The third kappa shape index (κ3) is 4.09. The van der Waals surface area contributed by atoms with E-state index in [2.05, 4.69) is 10.2 Å². The summed E-state index contributed by atoms with van der Waals surface area (Å²) < 4.78 is 7.02. The molecule has 1 amide bonds. The van der Waals surface area contributed by atoms with Gasteiger partial charge in [0, 0.05) is 35.3 Å². The highest BCUT2D eigenvalue weighted by molar-refractivity contribution is 6.31. The highest BCUT2D eigenvalue weighted by Gasteiger charge is 2.30. The van der Waals surface area contributed by atoms with Crippen molar-refractivity contribution in [2.24, 2.45) is 0 Å². The number of rotatable bonds is 7. The lowest BCUT2D eigenvalue weighted by Gasteiger charge is -2.22. The fourth-order valence-electron chi connectivity index (χ4n) is 3.58. The SMILES string of the molecule is O=C(NC1CC1)c1ccc(CN(Cn2c(=O)oc3cc(Cl)ccc32)C2CC2)cc1. The van der Waals surface area contributed by atoms with E-state index in [4.69, 9.17) is 16.0 Å². The van der Waals surface area contributed by atoms with Gasteiger partial charge in [-0.2, -0.15) is 0 Å². The second kappa shape index (κ2) is 7.35. The second-order valence-electron chi connectivity index (χ2n) is 7.97. The van der Waals surface area contributed by atoms with E-state index in [0.717, 1.165) is 36.8 Å². The molecule has 3 aromatic rings. The van der Waals surface area contributed by atoms with Gasteiger partial charge < -0.3 is 9.73 Å². The van der Waals surface area contributed by atoms with Gasteiger partial charge in [-0.3, -0.25) is 14.3 Å². The van der Waals surface area contributed by atoms with Crippen molar-refractivity contribution in [1.82, 2.24) is 14.8 Å². The molecule has 0 saturated heterocycles. The van der Waals surface area contributed by atoms with E-state index in [1.54, 1.807) is 16.7 Å². The number of fused-ring (bicyclic) bond motifs is 1. The average Bonchev–Trinajstić information content (AvgIpc) is 3.61. The third-order valence-corrected chi connectivity index (χ3v) is 5.77. The number of halogens is 1. The Kier molecular flexibility index (Phi) is 4.68. The largest absolute Gasteiger partial charge is 0.421 e. The first-order chi connectivity index (χ1) is 14.1. The van der Waals surface area contributed by atoms with E-state index in [9.17, 15) is 9.59 Å². The van der Waals surface area contributed by atoms with Gasteiger partial charge in [0.1, 0.15) is 0 Å². The lowest BCUT2D eigenvalue weighted by molar-refractivity contribution is 0.0951. The van der Waals surface area contributed by atoms with Gasteiger partial charge in [-0.1, -0.05) is 23.7 Å². The van der Waals surface area contributed by atoms with Gasteiger partial charge in [0.2, 0.25) is 0 Å². The molecule has 2 saturated carbocycles. The fourth-order valence-corrected chi connectivity index (χ4v) is 3.74. The molecule has 0 bridgehead atoms. The van der Waals surface area contributed by atoms with Crippen LogP contribution in [0.15, 0.2) is 51.7 Å². The monoisotopic (exact) mass is 411 g/mol. The molecule has 2 fully saturated rings.